The molecule has 2 saturated heterocycles. The molecule has 4 amide bonds. The number of nitrogens with zero attached hydrogens (tertiary/aromatic N) is 1. The number of nitrogens with one attached hydrogen (secondary N) is 1. The van der Waals surface area contributed by atoms with Gasteiger partial charge in [-0.05, 0) is 37.2 Å². The van der Waals surface area contributed by atoms with Crippen molar-refractivity contribution in [2.75, 3.05) is 11.5 Å². The lowest BCUT2D eigenvalue weighted by molar-refractivity contribution is -0.152. The molecule has 5 nitrogen and oxygen atoms in total. The Labute approximate surface area is 116 Å². The van der Waals surface area contributed by atoms with E-state index in [2.05, 4.69) is 5.32 Å². The maximum atomic E-state index is 12.7. The van der Waals surface area contributed by atoms with Gasteiger partial charge in [-0.2, -0.15) is 11.8 Å². The van der Waals surface area contributed by atoms with Gasteiger partial charge in [0.15, 0.2) is 0 Å². The smallest absolute Gasteiger partial charge is 0.277 e. The first kappa shape index (κ1) is 13.0. The molecule has 0 aromatic rings. The molecule has 0 aromatic carbocycles. The highest BCUT2D eigenvalue weighted by Gasteiger charge is 2.56. The molecule has 1 saturated carbocycles. The first-order valence-corrected chi connectivity index (χ1v) is 8.07. The molecular weight excluding hydrogens is 264 g/mol. The van der Waals surface area contributed by atoms with Crippen molar-refractivity contribution < 1.29 is 14.4 Å². The molecule has 3 fully saturated rings. The van der Waals surface area contributed by atoms with Gasteiger partial charge < -0.3 is 0 Å². The topological polar surface area (TPSA) is 66.5 Å². The van der Waals surface area contributed by atoms with E-state index >= 15 is 0 Å². The maximum Gasteiger partial charge on any atom is 0.331 e. The molecule has 0 bridgehead atoms. The number of carbonyl (C=O) groups is 3. The summed E-state index contributed by atoms with van der Waals surface area (Å²) in [5.41, 5.74) is -0.946. The molecule has 104 valence electrons. The molecule has 19 heavy (non-hydrogen) atoms. The molecule has 2 heterocycles. The van der Waals surface area contributed by atoms with Crippen LogP contribution in [0.25, 0.3) is 0 Å². The molecule has 1 N–H and O–H groups in total. The fourth-order valence-corrected chi connectivity index (χ4v) is 4.47. The van der Waals surface area contributed by atoms with Crippen LogP contribution in [0.2, 0.25) is 0 Å². The highest BCUT2D eigenvalue weighted by molar-refractivity contribution is 7.99. The lowest BCUT2D eigenvalue weighted by Gasteiger charge is -2.41. The Morgan fingerprint density at radius 1 is 1.11 bits per heavy atom. The normalized spacial score (nSPS) is 28.0. The molecule has 0 unspecified atom stereocenters. The van der Waals surface area contributed by atoms with Gasteiger partial charge in [-0.1, -0.05) is 12.8 Å². The second kappa shape index (κ2) is 4.81. The van der Waals surface area contributed by atoms with E-state index in [1.807, 2.05) is 11.8 Å². The Balaban J connectivity index is 1.88. The maximum absolute atomic E-state index is 12.7. The molecule has 1 spiro atoms. The van der Waals surface area contributed by atoms with E-state index in [-0.39, 0.29) is 17.9 Å². The summed E-state index contributed by atoms with van der Waals surface area (Å²) in [5.74, 6) is 1.34. The van der Waals surface area contributed by atoms with Gasteiger partial charge in [0.1, 0.15) is 5.41 Å². The lowest BCUT2D eigenvalue weighted by atomic mass is 9.81. The zero-order valence-corrected chi connectivity index (χ0v) is 11.6. The zero-order chi connectivity index (χ0) is 13.5. The fourth-order valence-electron chi connectivity index (χ4n) is 3.39. The third-order valence-electron chi connectivity index (χ3n) is 4.52. The number of hydrogen-bond donors (Lipinski definition) is 1. The quantitative estimate of drug-likeness (QED) is 0.741. The molecule has 1 aliphatic carbocycles. The number of hydrogen-bond acceptors (Lipinski definition) is 4. The zero-order valence-electron chi connectivity index (χ0n) is 10.8. The molecule has 3 rings (SSSR count). The van der Waals surface area contributed by atoms with Crippen LogP contribution in [0.15, 0.2) is 0 Å². The summed E-state index contributed by atoms with van der Waals surface area (Å²) < 4.78 is 0. The monoisotopic (exact) mass is 282 g/mol. The molecule has 0 atom stereocenters. The van der Waals surface area contributed by atoms with Crippen molar-refractivity contribution in [2.45, 2.75) is 44.6 Å². The number of rotatable bonds is 1. The van der Waals surface area contributed by atoms with Crippen molar-refractivity contribution in [3.05, 3.63) is 0 Å². The van der Waals surface area contributed by atoms with Gasteiger partial charge in [0.2, 0.25) is 11.8 Å². The minimum atomic E-state index is -0.946. The van der Waals surface area contributed by atoms with Crippen molar-refractivity contribution >= 4 is 29.6 Å². The van der Waals surface area contributed by atoms with Gasteiger partial charge in [0.25, 0.3) is 0 Å². The van der Waals surface area contributed by atoms with Gasteiger partial charge in [0, 0.05) is 6.04 Å². The lowest BCUT2D eigenvalue weighted by Crippen LogP contribution is -2.65. The second-order valence-corrected chi connectivity index (χ2v) is 6.79. The van der Waals surface area contributed by atoms with Crippen LogP contribution in [0.3, 0.4) is 0 Å². The minimum Gasteiger partial charge on any atom is -0.277 e. The van der Waals surface area contributed by atoms with Gasteiger partial charge >= 0.3 is 6.03 Å². The van der Waals surface area contributed by atoms with Crippen molar-refractivity contribution in [2.24, 2.45) is 5.41 Å². The van der Waals surface area contributed by atoms with E-state index in [4.69, 9.17) is 0 Å². The predicted octanol–water partition coefficient (Wildman–Crippen LogP) is 1.52. The first-order chi connectivity index (χ1) is 9.15. The van der Waals surface area contributed by atoms with E-state index in [0.29, 0.717) is 12.8 Å². The van der Waals surface area contributed by atoms with Crippen LogP contribution in [-0.4, -0.2) is 40.3 Å². The van der Waals surface area contributed by atoms with Crippen molar-refractivity contribution in [3.63, 3.8) is 0 Å². The molecule has 6 heteroatoms. The van der Waals surface area contributed by atoms with Crippen LogP contribution in [0, 0.1) is 5.41 Å². The number of imide groups is 2. The van der Waals surface area contributed by atoms with Crippen LogP contribution in [0.4, 0.5) is 4.79 Å². The van der Waals surface area contributed by atoms with Gasteiger partial charge in [-0.25, -0.2) is 4.79 Å². The minimum absolute atomic E-state index is 0.0284. The average Bonchev–Trinajstić information content (AvgIpc) is 2.89. The van der Waals surface area contributed by atoms with Gasteiger partial charge in [-0.15, -0.1) is 0 Å². The highest BCUT2D eigenvalue weighted by atomic mass is 32.2. The van der Waals surface area contributed by atoms with Crippen molar-refractivity contribution in [3.8, 4) is 0 Å². The average molecular weight is 282 g/mol. The Morgan fingerprint density at radius 2 is 1.74 bits per heavy atom. The Kier molecular flexibility index (Phi) is 3.28. The third kappa shape index (κ3) is 1.96. The fraction of sp³-hybridized carbons (Fsp3) is 0.769. The van der Waals surface area contributed by atoms with Crippen molar-refractivity contribution in [1.29, 1.82) is 0 Å². The Bertz CT molecular complexity index is 426. The van der Waals surface area contributed by atoms with Crippen LogP contribution in [0.5, 0.6) is 0 Å². The number of barbiturate groups is 1. The number of amides is 4. The molecule has 2 aliphatic heterocycles. The molecular formula is C13H18N2O3S. The number of thioether (sulfide) groups is 1. The van der Waals surface area contributed by atoms with E-state index in [1.165, 1.54) is 4.90 Å². The van der Waals surface area contributed by atoms with E-state index in [1.54, 1.807) is 0 Å². The largest absolute Gasteiger partial charge is 0.331 e. The van der Waals surface area contributed by atoms with Crippen LogP contribution in [-0.2, 0) is 9.59 Å². The summed E-state index contributed by atoms with van der Waals surface area (Å²) in [4.78, 5) is 38.2. The highest BCUT2D eigenvalue weighted by Crippen LogP contribution is 2.43. The summed E-state index contributed by atoms with van der Waals surface area (Å²) in [6.07, 6.45) is 4.64. The summed E-state index contributed by atoms with van der Waals surface area (Å²) in [5, 5.41) is 2.41. The van der Waals surface area contributed by atoms with E-state index in [0.717, 1.165) is 37.2 Å². The summed E-state index contributed by atoms with van der Waals surface area (Å²) in [6, 6.07) is -0.538. The van der Waals surface area contributed by atoms with Gasteiger partial charge in [0.05, 0.1) is 0 Å². The predicted molar refractivity (Wildman–Crippen MR) is 71.6 cm³/mol. The summed E-state index contributed by atoms with van der Waals surface area (Å²) in [7, 11) is 0. The van der Waals surface area contributed by atoms with Gasteiger partial charge in [-0.3, -0.25) is 19.8 Å². The van der Waals surface area contributed by atoms with E-state index in [9.17, 15) is 14.4 Å². The number of urea groups is 1. The first-order valence-electron chi connectivity index (χ1n) is 6.92. The molecule has 0 aromatic heterocycles. The Hall–Kier alpha value is -1.04. The summed E-state index contributed by atoms with van der Waals surface area (Å²) >= 11 is 1.85. The summed E-state index contributed by atoms with van der Waals surface area (Å²) in [6.45, 7) is 0. The molecule has 0 radical (unpaired) electrons. The van der Waals surface area contributed by atoms with Crippen LogP contribution < -0.4 is 5.32 Å². The van der Waals surface area contributed by atoms with E-state index < -0.39 is 11.4 Å². The second-order valence-electron chi connectivity index (χ2n) is 5.57. The molecule has 3 aliphatic rings. The van der Waals surface area contributed by atoms with Crippen molar-refractivity contribution in [1.82, 2.24) is 10.2 Å². The SMILES string of the molecule is O=C1NC(=O)C2(CCCC2)C(=O)N1C1CCSCC1. The Morgan fingerprint density at radius 3 is 2.37 bits per heavy atom. The van der Waals surface area contributed by atoms with Crippen LogP contribution in [0.1, 0.15) is 38.5 Å². The van der Waals surface area contributed by atoms with Crippen LogP contribution >= 0.6 is 11.8 Å². The number of carbonyl (C=O) groups excluding carboxylic acids is 3. The standard InChI is InChI=1S/C13H18N2O3S/c16-10-13(5-1-2-6-13)11(17)15(12(18)14-10)9-3-7-19-8-4-9/h9H,1-8H2,(H,14,16,18). The third-order valence-corrected chi connectivity index (χ3v) is 5.56.